The lowest BCUT2D eigenvalue weighted by Crippen LogP contribution is -2.46. The first-order chi connectivity index (χ1) is 11.3. The number of nitrogens with zero attached hydrogens (tertiary/aromatic N) is 2. The third kappa shape index (κ3) is 4.36. The summed E-state index contributed by atoms with van der Waals surface area (Å²) in [7, 11) is 0. The summed E-state index contributed by atoms with van der Waals surface area (Å²) in [5.41, 5.74) is 1.81. The number of aromatic nitrogens is 1. The molecule has 9 heteroatoms. The summed E-state index contributed by atoms with van der Waals surface area (Å²) in [5.74, 6) is 1.66. The van der Waals surface area contributed by atoms with E-state index >= 15 is 0 Å². The van der Waals surface area contributed by atoms with Gasteiger partial charge in [-0.2, -0.15) is 0 Å². The smallest absolute Gasteiger partial charge is 0.231 e. The maximum absolute atomic E-state index is 12.3. The number of benzene rings is 1. The average Bonchev–Trinajstić information content (AvgIpc) is 3.23. The lowest BCUT2D eigenvalue weighted by Gasteiger charge is -2.27. The van der Waals surface area contributed by atoms with Crippen molar-refractivity contribution in [1.82, 2.24) is 15.2 Å². The highest BCUT2D eigenvalue weighted by atomic mass is 35.5. The summed E-state index contributed by atoms with van der Waals surface area (Å²) in [5, 5.41) is 6.10. The Morgan fingerprint density at radius 3 is 2.76 bits per heavy atom. The van der Waals surface area contributed by atoms with E-state index in [1.165, 1.54) is 0 Å². The van der Waals surface area contributed by atoms with Crippen molar-refractivity contribution in [2.24, 2.45) is 0 Å². The molecule has 1 N–H and O–H groups in total. The number of thiazole rings is 1. The van der Waals surface area contributed by atoms with Gasteiger partial charge in [0.15, 0.2) is 11.5 Å². The third-order valence-electron chi connectivity index (χ3n) is 3.97. The zero-order valence-electron chi connectivity index (χ0n) is 13.4. The second-order valence-electron chi connectivity index (χ2n) is 5.52. The molecule has 2 aliphatic heterocycles. The van der Waals surface area contributed by atoms with Crippen LogP contribution in [0.4, 0.5) is 0 Å². The number of hydrogen-bond donors (Lipinski definition) is 1. The third-order valence-corrected chi connectivity index (χ3v) is 4.91. The number of hydrogen-bond acceptors (Lipinski definition) is 6. The van der Waals surface area contributed by atoms with Gasteiger partial charge in [-0.05, 0) is 18.2 Å². The van der Waals surface area contributed by atoms with Gasteiger partial charge in [0.05, 0.1) is 12.1 Å². The molecule has 2 aromatic rings. The highest BCUT2D eigenvalue weighted by Crippen LogP contribution is 2.36. The summed E-state index contributed by atoms with van der Waals surface area (Å²) in [4.78, 5) is 18.8. The van der Waals surface area contributed by atoms with Gasteiger partial charge in [-0.1, -0.05) is 0 Å². The predicted octanol–water partition coefficient (Wildman–Crippen LogP) is 2.36. The largest absolute Gasteiger partial charge is 0.454 e. The summed E-state index contributed by atoms with van der Waals surface area (Å²) < 4.78 is 10.7. The van der Waals surface area contributed by atoms with Crippen molar-refractivity contribution < 1.29 is 14.3 Å². The zero-order valence-corrected chi connectivity index (χ0v) is 15.8. The fourth-order valence-electron chi connectivity index (χ4n) is 2.73. The summed E-state index contributed by atoms with van der Waals surface area (Å²) in [6, 6.07) is 5.79. The molecule has 0 saturated carbocycles. The van der Waals surface area contributed by atoms with Crippen LogP contribution in [-0.4, -0.2) is 48.8 Å². The number of nitrogens with one attached hydrogen (secondary N) is 1. The molecule has 2 aliphatic rings. The number of carbonyl (C=O) groups is 1. The predicted molar refractivity (Wildman–Crippen MR) is 101 cm³/mol. The fourth-order valence-corrected chi connectivity index (χ4v) is 3.55. The number of halogens is 2. The first kappa shape index (κ1) is 19.8. The van der Waals surface area contributed by atoms with Crippen molar-refractivity contribution in [3.63, 3.8) is 0 Å². The van der Waals surface area contributed by atoms with Gasteiger partial charge in [-0.3, -0.25) is 4.79 Å². The maximum Gasteiger partial charge on any atom is 0.231 e. The van der Waals surface area contributed by atoms with Crippen LogP contribution in [0.2, 0.25) is 0 Å². The Kier molecular flexibility index (Phi) is 6.89. The Labute approximate surface area is 162 Å². The molecule has 0 spiro atoms. The number of rotatable bonds is 3. The van der Waals surface area contributed by atoms with Gasteiger partial charge in [-0.15, -0.1) is 36.2 Å². The Morgan fingerprint density at radius 1 is 1.20 bits per heavy atom. The van der Waals surface area contributed by atoms with Gasteiger partial charge < -0.3 is 19.7 Å². The van der Waals surface area contributed by atoms with Gasteiger partial charge in [-0.25, -0.2) is 4.98 Å². The quantitative estimate of drug-likeness (QED) is 0.851. The molecular weight excluding hydrogens is 385 g/mol. The van der Waals surface area contributed by atoms with Crippen LogP contribution in [0.15, 0.2) is 23.6 Å². The first-order valence-corrected chi connectivity index (χ1v) is 8.50. The van der Waals surface area contributed by atoms with E-state index in [-0.39, 0.29) is 37.5 Å². The van der Waals surface area contributed by atoms with E-state index in [0.29, 0.717) is 6.42 Å². The Balaban J connectivity index is 0.00000113. The molecule has 136 valence electrons. The van der Waals surface area contributed by atoms with E-state index in [9.17, 15) is 4.79 Å². The van der Waals surface area contributed by atoms with Crippen molar-refractivity contribution in [2.45, 2.75) is 6.42 Å². The minimum absolute atomic E-state index is 0. The van der Waals surface area contributed by atoms with E-state index < -0.39 is 0 Å². The minimum Gasteiger partial charge on any atom is -0.454 e. The Morgan fingerprint density at radius 2 is 1.96 bits per heavy atom. The normalized spacial score (nSPS) is 15.3. The highest BCUT2D eigenvalue weighted by Gasteiger charge is 2.19. The van der Waals surface area contributed by atoms with Crippen molar-refractivity contribution in [1.29, 1.82) is 0 Å². The van der Waals surface area contributed by atoms with E-state index in [1.807, 2.05) is 28.5 Å². The second kappa shape index (κ2) is 8.71. The molecule has 0 aliphatic carbocycles. The standard InChI is InChI=1S/C16H17N3O3S.2ClH/c20-15(19-5-3-17-4-6-19)8-12-9-23-16(18-12)11-1-2-13-14(7-11)22-10-21-13;;/h1-2,7,9,17H,3-6,8,10H2;2*1H. The molecule has 1 aromatic heterocycles. The first-order valence-electron chi connectivity index (χ1n) is 7.62. The van der Waals surface area contributed by atoms with Gasteiger partial charge in [0.1, 0.15) is 5.01 Å². The second-order valence-corrected chi connectivity index (χ2v) is 6.38. The molecule has 25 heavy (non-hydrogen) atoms. The van der Waals surface area contributed by atoms with Gasteiger partial charge >= 0.3 is 0 Å². The molecule has 1 fully saturated rings. The molecule has 3 heterocycles. The lowest BCUT2D eigenvalue weighted by molar-refractivity contribution is -0.131. The van der Waals surface area contributed by atoms with Crippen LogP contribution in [0.1, 0.15) is 5.69 Å². The van der Waals surface area contributed by atoms with Crippen LogP contribution in [0.25, 0.3) is 10.6 Å². The Bertz CT molecular complexity index is 735. The Hall–Kier alpha value is -1.54. The number of fused-ring (bicyclic) bond motifs is 1. The molecule has 4 rings (SSSR count). The summed E-state index contributed by atoms with van der Waals surface area (Å²) in [6.07, 6.45) is 0.362. The number of amides is 1. The molecular formula is C16H19Cl2N3O3S. The van der Waals surface area contributed by atoms with Gasteiger partial charge in [0.2, 0.25) is 12.7 Å². The SMILES string of the molecule is Cl.Cl.O=C(Cc1csc(-c2ccc3c(c2)OCO3)n1)N1CCNCC1. The number of piperazine rings is 1. The molecule has 6 nitrogen and oxygen atoms in total. The van der Waals surface area contributed by atoms with Gasteiger partial charge in [0.25, 0.3) is 0 Å². The number of carbonyl (C=O) groups excluding carboxylic acids is 1. The monoisotopic (exact) mass is 403 g/mol. The van der Waals surface area contributed by atoms with Crippen molar-refractivity contribution >= 4 is 42.1 Å². The van der Waals surface area contributed by atoms with Crippen LogP contribution in [0.3, 0.4) is 0 Å². The fraction of sp³-hybridized carbons (Fsp3) is 0.375. The van der Waals surface area contributed by atoms with Gasteiger partial charge in [0, 0.05) is 37.1 Å². The van der Waals surface area contributed by atoms with E-state index in [1.54, 1.807) is 11.3 Å². The number of ether oxygens (including phenoxy) is 2. The van der Waals surface area contributed by atoms with E-state index in [4.69, 9.17) is 9.47 Å². The lowest BCUT2D eigenvalue weighted by atomic mass is 10.2. The van der Waals surface area contributed by atoms with Crippen LogP contribution in [0.5, 0.6) is 11.5 Å². The van der Waals surface area contributed by atoms with E-state index in [2.05, 4.69) is 10.3 Å². The molecule has 1 aromatic carbocycles. The molecule has 0 radical (unpaired) electrons. The van der Waals surface area contributed by atoms with E-state index in [0.717, 1.165) is 53.9 Å². The van der Waals surface area contributed by atoms with Crippen molar-refractivity contribution in [2.75, 3.05) is 33.0 Å². The molecule has 1 saturated heterocycles. The molecule has 0 bridgehead atoms. The van der Waals surface area contributed by atoms with Crippen LogP contribution in [0, 0.1) is 0 Å². The molecule has 0 atom stereocenters. The summed E-state index contributed by atoms with van der Waals surface area (Å²) in [6.45, 7) is 3.55. The minimum atomic E-state index is 0. The summed E-state index contributed by atoms with van der Waals surface area (Å²) >= 11 is 1.55. The van der Waals surface area contributed by atoms with Crippen molar-refractivity contribution in [3.8, 4) is 22.1 Å². The highest BCUT2D eigenvalue weighted by molar-refractivity contribution is 7.13. The topological polar surface area (TPSA) is 63.7 Å². The molecule has 1 amide bonds. The van der Waals surface area contributed by atoms with Crippen molar-refractivity contribution in [3.05, 3.63) is 29.3 Å². The van der Waals surface area contributed by atoms with Crippen LogP contribution >= 0.6 is 36.2 Å². The molecule has 0 unspecified atom stereocenters. The van der Waals surface area contributed by atoms with Crippen LogP contribution < -0.4 is 14.8 Å². The zero-order chi connectivity index (χ0) is 15.6. The maximum atomic E-state index is 12.3. The average molecular weight is 404 g/mol. The van der Waals surface area contributed by atoms with Crippen LogP contribution in [-0.2, 0) is 11.2 Å².